The number of carbonyl (C=O) groups is 1. The number of hydrogen-bond acceptors (Lipinski definition) is 10. The third-order valence-corrected chi connectivity index (χ3v) is 5.16. The van der Waals surface area contributed by atoms with Gasteiger partial charge in [0.05, 0.1) is 27.8 Å². The Morgan fingerprint density at radius 2 is 1.94 bits per heavy atom. The van der Waals surface area contributed by atoms with E-state index < -0.39 is 16.6 Å². The summed E-state index contributed by atoms with van der Waals surface area (Å²) in [5.74, 6) is -0.532. The van der Waals surface area contributed by atoms with Crippen molar-refractivity contribution in [1.82, 2.24) is 15.0 Å². The fourth-order valence-electron chi connectivity index (χ4n) is 2.77. The average Bonchev–Trinajstić information content (AvgIpc) is 3.15. The van der Waals surface area contributed by atoms with Gasteiger partial charge in [-0.3, -0.25) is 10.1 Å². The van der Waals surface area contributed by atoms with Crippen molar-refractivity contribution in [2.75, 3.05) is 12.4 Å². The van der Waals surface area contributed by atoms with E-state index in [1.165, 1.54) is 42.7 Å². The van der Waals surface area contributed by atoms with Crippen LogP contribution in [-0.2, 0) is 4.74 Å². The van der Waals surface area contributed by atoms with Crippen molar-refractivity contribution in [1.29, 1.82) is 0 Å². The Morgan fingerprint density at radius 1 is 1.16 bits per heavy atom. The Labute approximate surface area is 179 Å². The Kier molecular flexibility index (Phi) is 5.41. The zero-order valence-corrected chi connectivity index (χ0v) is 17.2. The van der Waals surface area contributed by atoms with Crippen LogP contribution < -0.4 is 10.1 Å². The van der Waals surface area contributed by atoms with Gasteiger partial charge in [-0.1, -0.05) is 17.4 Å². The summed E-state index contributed by atoms with van der Waals surface area (Å²) in [6.07, 6.45) is 1.16. The third kappa shape index (κ3) is 4.26. The molecule has 0 saturated carbocycles. The molecule has 0 spiro atoms. The molecule has 4 aromatic rings. The summed E-state index contributed by atoms with van der Waals surface area (Å²) in [4.78, 5) is 35.0. The average molecular weight is 437 g/mol. The highest BCUT2D eigenvalue weighted by Gasteiger charge is 2.26. The molecule has 2 heterocycles. The number of benzene rings is 2. The van der Waals surface area contributed by atoms with Gasteiger partial charge in [0, 0.05) is 0 Å². The zero-order valence-electron chi connectivity index (χ0n) is 16.4. The Morgan fingerprint density at radius 3 is 2.65 bits per heavy atom. The topological polar surface area (TPSA) is 129 Å². The molecule has 1 N–H and O–H groups in total. The summed E-state index contributed by atoms with van der Waals surface area (Å²) in [5.41, 5.74) is 1.75. The number of aromatic nitrogens is 3. The van der Waals surface area contributed by atoms with Crippen LogP contribution in [0.2, 0.25) is 0 Å². The fraction of sp³-hybridized carbons (Fsp3) is 0.100. The largest absolute Gasteiger partial charge is 0.465 e. The lowest BCUT2D eigenvalue weighted by molar-refractivity contribution is -0.385. The zero-order chi connectivity index (χ0) is 22.0. The summed E-state index contributed by atoms with van der Waals surface area (Å²) in [7, 11) is 1.28. The number of anilines is 2. The number of ether oxygens (including phenoxy) is 2. The predicted molar refractivity (Wildman–Crippen MR) is 114 cm³/mol. The van der Waals surface area contributed by atoms with Crippen LogP contribution in [0.5, 0.6) is 11.6 Å². The Hall–Kier alpha value is -4.12. The van der Waals surface area contributed by atoms with Gasteiger partial charge in [-0.05, 0) is 48.9 Å². The van der Waals surface area contributed by atoms with Crippen LogP contribution in [0, 0.1) is 17.0 Å². The number of nitrogens with one attached hydrogen (secondary N) is 1. The SMILES string of the molecule is COC(=O)c1ccc(Oc2ncnc(Nc3nc4ccc(C)cc4s3)c2[N+](=O)[O-])cc1. The molecule has 0 fully saturated rings. The number of nitrogens with zero attached hydrogens (tertiary/aromatic N) is 4. The smallest absolute Gasteiger partial charge is 0.373 e. The molecule has 0 saturated heterocycles. The lowest BCUT2D eigenvalue weighted by Crippen LogP contribution is -2.04. The van der Waals surface area contributed by atoms with Crippen LogP contribution in [0.15, 0.2) is 48.8 Å². The molecular formula is C20H15N5O5S. The Balaban J connectivity index is 1.64. The van der Waals surface area contributed by atoms with Crippen LogP contribution in [0.3, 0.4) is 0 Å². The number of fused-ring (bicyclic) bond motifs is 1. The van der Waals surface area contributed by atoms with E-state index in [-0.39, 0.29) is 17.4 Å². The summed E-state index contributed by atoms with van der Waals surface area (Å²) >= 11 is 1.35. The van der Waals surface area contributed by atoms with Crippen molar-refractivity contribution < 1.29 is 19.2 Å². The Bertz CT molecular complexity index is 1290. The third-order valence-electron chi connectivity index (χ3n) is 4.23. The van der Waals surface area contributed by atoms with Gasteiger partial charge in [-0.2, -0.15) is 4.98 Å². The minimum Gasteiger partial charge on any atom is -0.465 e. The first-order valence-electron chi connectivity index (χ1n) is 8.94. The molecule has 0 radical (unpaired) electrons. The van der Waals surface area contributed by atoms with Crippen LogP contribution >= 0.6 is 11.3 Å². The van der Waals surface area contributed by atoms with Gasteiger partial charge < -0.3 is 14.8 Å². The van der Waals surface area contributed by atoms with Gasteiger partial charge in [0.1, 0.15) is 12.1 Å². The maximum atomic E-state index is 11.7. The number of thiazole rings is 1. The van der Waals surface area contributed by atoms with E-state index in [4.69, 9.17) is 4.74 Å². The van der Waals surface area contributed by atoms with E-state index in [0.717, 1.165) is 22.1 Å². The normalized spacial score (nSPS) is 10.6. The van der Waals surface area contributed by atoms with Crippen LogP contribution in [0.4, 0.5) is 16.6 Å². The summed E-state index contributed by atoms with van der Waals surface area (Å²) < 4.78 is 11.2. The predicted octanol–water partition coefficient (Wildman–Crippen LogP) is 4.63. The first-order valence-corrected chi connectivity index (χ1v) is 9.76. The number of methoxy groups -OCH3 is 1. The molecule has 11 heteroatoms. The number of rotatable bonds is 6. The quantitative estimate of drug-likeness (QED) is 0.261. The molecule has 2 aromatic heterocycles. The van der Waals surface area contributed by atoms with Crippen molar-refractivity contribution in [2.24, 2.45) is 0 Å². The second-order valence-corrected chi connectivity index (χ2v) is 7.40. The van der Waals surface area contributed by atoms with Crippen LogP contribution in [0.25, 0.3) is 10.2 Å². The van der Waals surface area contributed by atoms with Crippen LogP contribution in [-0.4, -0.2) is 33.0 Å². The van der Waals surface area contributed by atoms with Gasteiger partial charge >= 0.3 is 17.5 Å². The number of esters is 1. The molecule has 0 aliphatic carbocycles. The lowest BCUT2D eigenvalue weighted by atomic mass is 10.2. The monoisotopic (exact) mass is 437 g/mol. The molecule has 156 valence electrons. The van der Waals surface area contributed by atoms with Crippen molar-refractivity contribution in [3.63, 3.8) is 0 Å². The molecular weight excluding hydrogens is 422 g/mol. The summed E-state index contributed by atoms with van der Waals surface area (Å²) in [6, 6.07) is 11.7. The molecule has 0 amide bonds. The van der Waals surface area contributed by atoms with Crippen LogP contribution in [0.1, 0.15) is 15.9 Å². The summed E-state index contributed by atoms with van der Waals surface area (Å²) in [5, 5.41) is 15.1. The standard InChI is InChI=1S/C20H15N5O5S/c1-11-3-8-14-15(9-11)31-20(23-14)24-17-16(25(27)28)18(22-10-21-17)30-13-6-4-12(5-7-13)19(26)29-2/h3-10H,1-2H3,(H,21,22,23,24). The van der Waals surface area contributed by atoms with E-state index in [2.05, 4.69) is 25.0 Å². The van der Waals surface area contributed by atoms with E-state index >= 15 is 0 Å². The molecule has 2 aromatic carbocycles. The van der Waals surface area contributed by atoms with Crippen molar-refractivity contribution >= 4 is 44.2 Å². The van der Waals surface area contributed by atoms with Crippen molar-refractivity contribution in [2.45, 2.75) is 6.92 Å². The molecule has 0 aliphatic heterocycles. The van der Waals surface area contributed by atoms with Gasteiger partial charge in [-0.15, -0.1) is 0 Å². The maximum Gasteiger partial charge on any atom is 0.373 e. The van der Waals surface area contributed by atoms with Gasteiger partial charge in [0.15, 0.2) is 5.13 Å². The number of carbonyl (C=O) groups excluding carboxylic acids is 1. The number of aryl methyl sites for hydroxylation is 1. The number of hydrogen-bond donors (Lipinski definition) is 1. The highest BCUT2D eigenvalue weighted by atomic mass is 32.1. The van der Waals surface area contributed by atoms with Gasteiger partial charge in [0.2, 0.25) is 5.82 Å². The van der Waals surface area contributed by atoms with Gasteiger partial charge in [0.25, 0.3) is 0 Å². The molecule has 31 heavy (non-hydrogen) atoms. The minimum atomic E-state index is -0.627. The van der Waals surface area contributed by atoms with Crippen molar-refractivity contribution in [3.05, 3.63) is 70.0 Å². The second kappa shape index (κ2) is 8.32. The van der Waals surface area contributed by atoms with E-state index in [1.807, 2.05) is 25.1 Å². The molecule has 0 aliphatic rings. The summed E-state index contributed by atoms with van der Waals surface area (Å²) in [6.45, 7) is 1.98. The molecule has 4 rings (SSSR count). The fourth-order valence-corrected chi connectivity index (χ4v) is 3.73. The molecule has 10 nitrogen and oxygen atoms in total. The van der Waals surface area contributed by atoms with Crippen molar-refractivity contribution in [3.8, 4) is 11.6 Å². The number of nitro groups is 1. The molecule has 0 bridgehead atoms. The van der Waals surface area contributed by atoms with Gasteiger partial charge in [-0.25, -0.2) is 14.8 Å². The first kappa shape index (κ1) is 20.2. The maximum absolute atomic E-state index is 11.7. The second-order valence-electron chi connectivity index (χ2n) is 6.37. The highest BCUT2D eigenvalue weighted by Crippen LogP contribution is 2.37. The first-order chi connectivity index (χ1) is 14.9. The van der Waals surface area contributed by atoms with E-state index in [1.54, 1.807) is 0 Å². The molecule has 0 unspecified atom stereocenters. The lowest BCUT2D eigenvalue weighted by Gasteiger charge is -2.08. The minimum absolute atomic E-state index is 0.0445. The van der Waals surface area contributed by atoms with E-state index in [9.17, 15) is 14.9 Å². The molecule has 0 atom stereocenters. The van der Waals surface area contributed by atoms with E-state index in [0.29, 0.717) is 10.7 Å². The highest BCUT2D eigenvalue weighted by molar-refractivity contribution is 7.22.